The molecule has 0 saturated heterocycles. The van der Waals surface area contributed by atoms with Gasteiger partial charge in [0.2, 0.25) is 0 Å². The normalized spacial score (nSPS) is 11.9. The third-order valence-electron chi connectivity index (χ3n) is 8.92. The maximum atomic E-state index is 15.4. The van der Waals surface area contributed by atoms with Crippen LogP contribution >= 0.6 is 15.1 Å². The predicted octanol–water partition coefficient (Wildman–Crippen LogP) is 8.74. The minimum absolute atomic E-state index is 0.344. The molecule has 0 bridgehead atoms. The number of para-hydroxylation sites is 1. The van der Waals surface area contributed by atoms with Gasteiger partial charge < -0.3 is 9.13 Å². The van der Waals surface area contributed by atoms with Crippen molar-refractivity contribution >= 4 is 68.7 Å². The van der Waals surface area contributed by atoms with Crippen molar-refractivity contribution in [2.75, 3.05) is 0 Å². The highest BCUT2D eigenvalue weighted by Crippen LogP contribution is 2.44. The highest BCUT2D eigenvalue weighted by atomic mass is 31.2. The zero-order chi connectivity index (χ0) is 34.4. The van der Waals surface area contributed by atoms with Gasteiger partial charge in [-0.3, -0.25) is 0 Å². The van der Waals surface area contributed by atoms with Gasteiger partial charge in [-0.15, -0.1) is 0 Å². The summed E-state index contributed by atoms with van der Waals surface area (Å²) in [5.74, 6) is -1.59. The molecular weight excluding hydrogens is 672 g/mol. The van der Waals surface area contributed by atoms with E-state index in [4.69, 9.17) is 0 Å². The molecule has 8 aromatic rings. The van der Waals surface area contributed by atoms with Crippen LogP contribution in [0.15, 0.2) is 164 Å². The predicted molar refractivity (Wildman–Crippen MR) is 199 cm³/mol. The maximum Gasteiger partial charge on any atom is 0.171 e. The molecule has 0 atom stereocenters. The fourth-order valence-electron chi connectivity index (χ4n) is 6.57. The van der Waals surface area contributed by atoms with Crippen molar-refractivity contribution in [3.05, 3.63) is 187 Å². The Bertz CT molecular complexity index is 2440. The number of benzene rings is 7. The quantitative estimate of drug-likeness (QED) is 0.121. The summed E-state index contributed by atoms with van der Waals surface area (Å²) in [4.78, 5) is 0. The fourth-order valence-corrected chi connectivity index (χ4v) is 11.5. The van der Waals surface area contributed by atoms with Crippen molar-refractivity contribution < 1.29 is 22.1 Å². The third kappa shape index (κ3) is 5.65. The van der Waals surface area contributed by atoms with Crippen molar-refractivity contribution in [3.63, 3.8) is 0 Å². The second-order valence-corrected chi connectivity index (χ2v) is 16.9. The Labute approximate surface area is 287 Å². The first kappa shape index (κ1) is 32.0. The van der Waals surface area contributed by atoms with Crippen LogP contribution in [0.3, 0.4) is 0 Å². The Hall–Kier alpha value is -5.28. The van der Waals surface area contributed by atoms with Crippen LogP contribution in [0.4, 0.5) is 17.6 Å². The van der Waals surface area contributed by atoms with Crippen LogP contribution in [0.25, 0.3) is 27.5 Å². The monoisotopic (exact) mass is 699 g/mol. The van der Waals surface area contributed by atoms with E-state index in [1.165, 1.54) is 72.8 Å². The van der Waals surface area contributed by atoms with Gasteiger partial charge in [0, 0.05) is 32.4 Å². The number of halogens is 4. The van der Waals surface area contributed by atoms with Crippen LogP contribution in [0, 0.1) is 23.3 Å². The van der Waals surface area contributed by atoms with Crippen LogP contribution in [0.5, 0.6) is 0 Å². The maximum absolute atomic E-state index is 15.4. The van der Waals surface area contributed by atoms with E-state index in [-0.39, 0.29) is 11.6 Å². The molecule has 0 fully saturated rings. The first-order valence-electron chi connectivity index (χ1n) is 15.9. The Morgan fingerprint density at radius 1 is 0.420 bits per heavy atom. The minimum Gasteiger partial charge on any atom is -0.309 e. The van der Waals surface area contributed by atoms with Gasteiger partial charge >= 0.3 is 0 Å². The highest BCUT2D eigenvalue weighted by molar-refractivity contribution is 7.85. The summed E-state index contributed by atoms with van der Waals surface area (Å²) in [6.45, 7) is 0. The van der Waals surface area contributed by atoms with Crippen molar-refractivity contribution in [2.45, 2.75) is 0 Å². The van der Waals surface area contributed by atoms with Gasteiger partial charge in [-0.25, -0.2) is 17.6 Å². The smallest absolute Gasteiger partial charge is 0.171 e. The number of nitrogens with zero attached hydrogens (tertiary/aromatic N) is 1. The summed E-state index contributed by atoms with van der Waals surface area (Å²) in [5.41, 5.74) is 2.73. The van der Waals surface area contributed by atoms with E-state index in [0.29, 0.717) is 15.9 Å². The Kier molecular flexibility index (Phi) is 8.23. The number of rotatable bonds is 7. The highest BCUT2D eigenvalue weighted by Gasteiger charge is 2.31. The first-order valence-corrected chi connectivity index (χ1v) is 18.9. The van der Waals surface area contributed by atoms with Crippen LogP contribution in [-0.2, 0) is 4.57 Å². The van der Waals surface area contributed by atoms with Crippen LogP contribution in [0.2, 0.25) is 0 Å². The number of hydrogen-bond acceptors (Lipinski definition) is 1. The summed E-state index contributed by atoms with van der Waals surface area (Å²) in [5, 5.41) is 5.85. The van der Waals surface area contributed by atoms with Gasteiger partial charge in [0.1, 0.15) is 23.3 Å². The molecule has 7 aromatic carbocycles. The molecule has 8 rings (SSSR count). The average molecular weight is 700 g/mol. The van der Waals surface area contributed by atoms with Crippen LogP contribution in [-0.4, -0.2) is 4.57 Å². The molecule has 0 amide bonds. The summed E-state index contributed by atoms with van der Waals surface area (Å²) in [7, 11) is -4.83. The van der Waals surface area contributed by atoms with Gasteiger partial charge in [0.15, 0.2) is 7.14 Å². The van der Waals surface area contributed by atoms with Gasteiger partial charge in [-0.1, -0.05) is 48.5 Å². The average Bonchev–Trinajstić information content (AvgIpc) is 3.47. The Morgan fingerprint density at radius 3 is 1.32 bits per heavy atom. The number of hydrogen-bond donors (Lipinski definition) is 0. The second-order valence-electron chi connectivity index (χ2n) is 11.9. The first-order chi connectivity index (χ1) is 24.3. The molecule has 0 radical (unpaired) electrons. The lowest BCUT2D eigenvalue weighted by Crippen LogP contribution is -2.25. The van der Waals surface area contributed by atoms with Crippen molar-refractivity contribution in [1.82, 2.24) is 4.57 Å². The van der Waals surface area contributed by atoms with E-state index < -0.39 is 26.7 Å². The molecule has 2 nitrogen and oxygen atoms in total. The molecule has 0 aliphatic carbocycles. The molecule has 8 heteroatoms. The zero-order valence-electron chi connectivity index (χ0n) is 26.4. The van der Waals surface area contributed by atoms with Gasteiger partial charge in [0.25, 0.3) is 0 Å². The SMILES string of the molecule is O=P(c1ccc(F)cc1)(c1ccc(F)cc1)c1ccc2c(c1)c1cc(P(c3ccc(F)cc3)c3ccc(F)cc3)ccc1n2-c1ccccc1. The van der Waals surface area contributed by atoms with Gasteiger partial charge in [-0.05, 0) is 139 Å². The lowest BCUT2D eigenvalue weighted by Gasteiger charge is -2.20. The summed E-state index contributed by atoms with van der Waals surface area (Å²) < 4.78 is 73.9. The lowest BCUT2D eigenvalue weighted by atomic mass is 10.1. The second kappa shape index (κ2) is 12.9. The topological polar surface area (TPSA) is 22.0 Å². The Morgan fingerprint density at radius 2 is 0.820 bits per heavy atom. The Balaban J connectivity index is 1.41. The molecule has 244 valence electrons. The standard InChI is InChI=1S/C42H27F4NOP2/c43-28-6-14-33(15-7-28)49(34-16-8-29(44)9-17-34)35-18-24-41-39(26-35)40-27-38(23-25-42(40)47(41)32-4-2-1-3-5-32)50(48,36-19-10-30(45)11-20-36)37-21-12-31(46)13-22-37/h1-27H. The van der Waals surface area contributed by atoms with Crippen LogP contribution < -0.4 is 31.8 Å². The molecule has 0 unspecified atom stereocenters. The molecule has 1 aromatic heterocycles. The van der Waals surface area contributed by atoms with E-state index in [1.54, 1.807) is 24.3 Å². The van der Waals surface area contributed by atoms with E-state index in [0.717, 1.165) is 43.4 Å². The summed E-state index contributed by atoms with van der Waals surface area (Å²) in [6.07, 6.45) is 0. The fraction of sp³-hybridized carbons (Fsp3) is 0. The molecule has 1 heterocycles. The van der Waals surface area contributed by atoms with E-state index in [1.807, 2.05) is 48.5 Å². The van der Waals surface area contributed by atoms with Crippen molar-refractivity contribution in [2.24, 2.45) is 0 Å². The largest absolute Gasteiger partial charge is 0.309 e. The van der Waals surface area contributed by atoms with E-state index in [2.05, 4.69) is 22.8 Å². The van der Waals surface area contributed by atoms with Crippen molar-refractivity contribution in [3.8, 4) is 5.69 Å². The minimum atomic E-state index is -3.61. The lowest BCUT2D eigenvalue weighted by molar-refractivity contribution is 0.592. The molecule has 0 spiro atoms. The van der Waals surface area contributed by atoms with Gasteiger partial charge in [-0.2, -0.15) is 0 Å². The molecule has 0 aliphatic heterocycles. The summed E-state index contributed by atoms with van der Waals surface area (Å²) in [6, 6.07) is 45.9. The van der Waals surface area contributed by atoms with E-state index in [9.17, 15) is 17.6 Å². The molecule has 0 N–H and O–H groups in total. The summed E-state index contributed by atoms with van der Waals surface area (Å²) >= 11 is 0. The number of fused-ring (bicyclic) bond motifs is 3. The molecular formula is C42H27F4NOP2. The third-order valence-corrected chi connectivity index (χ3v) is 14.4. The van der Waals surface area contributed by atoms with Crippen molar-refractivity contribution in [1.29, 1.82) is 0 Å². The number of aromatic nitrogens is 1. The molecule has 50 heavy (non-hydrogen) atoms. The zero-order valence-corrected chi connectivity index (χ0v) is 28.1. The van der Waals surface area contributed by atoms with E-state index >= 15 is 4.57 Å². The van der Waals surface area contributed by atoms with Gasteiger partial charge in [0.05, 0.1) is 11.0 Å². The molecule has 0 saturated carbocycles. The molecule has 0 aliphatic rings. The van der Waals surface area contributed by atoms with Crippen LogP contribution in [0.1, 0.15) is 0 Å².